The molecule has 0 aliphatic carbocycles. The molecular formula is C12H10Cl2N4O3. The zero-order valence-corrected chi connectivity index (χ0v) is 12.0. The van der Waals surface area contributed by atoms with E-state index in [9.17, 15) is 14.4 Å². The van der Waals surface area contributed by atoms with Gasteiger partial charge in [-0.3, -0.25) is 19.1 Å². The number of benzene rings is 1. The van der Waals surface area contributed by atoms with E-state index in [1.807, 2.05) is 4.98 Å². The molecule has 110 valence electrons. The number of aromatic amines is 1. The van der Waals surface area contributed by atoms with E-state index in [1.54, 1.807) is 6.07 Å². The summed E-state index contributed by atoms with van der Waals surface area (Å²) in [6.07, 6.45) is 1.09. The molecule has 1 heterocycles. The number of carbonyl (C=O) groups excluding carboxylic acids is 1. The Morgan fingerprint density at radius 3 is 2.71 bits per heavy atom. The van der Waals surface area contributed by atoms with Crippen LogP contribution in [0.25, 0.3) is 0 Å². The number of halogens is 2. The van der Waals surface area contributed by atoms with Crippen molar-refractivity contribution in [3.63, 3.8) is 0 Å². The number of nitrogen functional groups attached to an aromatic ring is 1. The van der Waals surface area contributed by atoms with Crippen molar-refractivity contribution >= 4 is 40.5 Å². The highest BCUT2D eigenvalue weighted by Gasteiger charge is 2.09. The van der Waals surface area contributed by atoms with Gasteiger partial charge in [-0.2, -0.15) is 0 Å². The van der Waals surface area contributed by atoms with Gasteiger partial charge in [0.2, 0.25) is 5.91 Å². The Hall–Kier alpha value is -2.25. The largest absolute Gasteiger partial charge is 0.399 e. The molecule has 1 amide bonds. The van der Waals surface area contributed by atoms with Gasteiger partial charge in [0.15, 0.2) is 0 Å². The SMILES string of the molecule is Nc1ccc(Cl)c(NC(=O)Cn2cc(Cl)c(=O)[nH]c2=O)c1. The maximum absolute atomic E-state index is 11.9. The third kappa shape index (κ3) is 3.65. The Kier molecular flexibility index (Phi) is 4.35. The maximum atomic E-state index is 11.9. The second kappa shape index (κ2) is 6.02. The summed E-state index contributed by atoms with van der Waals surface area (Å²) in [7, 11) is 0. The first kappa shape index (κ1) is 15.1. The van der Waals surface area contributed by atoms with Gasteiger partial charge in [0.1, 0.15) is 11.6 Å². The van der Waals surface area contributed by atoms with E-state index in [0.29, 0.717) is 16.4 Å². The summed E-state index contributed by atoms with van der Waals surface area (Å²) >= 11 is 11.5. The van der Waals surface area contributed by atoms with Gasteiger partial charge in [-0.05, 0) is 18.2 Å². The lowest BCUT2D eigenvalue weighted by Crippen LogP contribution is -2.33. The summed E-state index contributed by atoms with van der Waals surface area (Å²) in [5, 5.41) is 2.63. The van der Waals surface area contributed by atoms with Crippen molar-refractivity contribution in [2.75, 3.05) is 11.1 Å². The third-order valence-corrected chi connectivity index (χ3v) is 3.14. The van der Waals surface area contributed by atoms with Crippen LogP contribution in [0.4, 0.5) is 11.4 Å². The smallest absolute Gasteiger partial charge is 0.328 e. The number of amides is 1. The van der Waals surface area contributed by atoms with Crippen molar-refractivity contribution in [2.24, 2.45) is 0 Å². The highest BCUT2D eigenvalue weighted by atomic mass is 35.5. The fourth-order valence-corrected chi connectivity index (χ4v) is 1.91. The monoisotopic (exact) mass is 328 g/mol. The number of hydrogen-bond donors (Lipinski definition) is 3. The summed E-state index contributed by atoms with van der Waals surface area (Å²) in [6, 6.07) is 4.61. The topological polar surface area (TPSA) is 110 Å². The van der Waals surface area contributed by atoms with Gasteiger partial charge in [-0.25, -0.2) is 4.79 Å². The van der Waals surface area contributed by atoms with Crippen LogP contribution in [0, 0.1) is 0 Å². The molecule has 0 saturated heterocycles. The van der Waals surface area contributed by atoms with Crippen LogP contribution in [-0.2, 0) is 11.3 Å². The number of nitrogens with two attached hydrogens (primary N) is 1. The van der Waals surface area contributed by atoms with Crippen LogP contribution >= 0.6 is 23.2 Å². The fraction of sp³-hybridized carbons (Fsp3) is 0.0833. The van der Waals surface area contributed by atoms with E-state index in [1.165, 1.54) is 12.1 Å². The number of hydrogen-bond acceptors (Lipinski definition) is 4. The number of carbonyl (C=O) groups is 1. The van der Waals surface area contributed by atoms with Crippen LogP contribution in [0.3, 0.4) is 0 Å². The molecule has 9 heteroatoms. The molecule has 2 aromatic rings. The minimum absolute atomic E-state index is 0.190. The Balaban J connectivity index is 2.19. The van der Waals surface area contributed by atoms with Gasteiger partial charge in [0.05, 0.1) is 10.7 Å². The lowest BCUT2D eigenvalue weighted by Gasteiger charge is -2.09. The van der Waals surface area contributed by atoms with Gasteiger partial charge < -0.3 is 11.1 Å². The van der Waals surface area contributed by atoms with Gasteiger partial charge >= 0.3 is 5.69 Å². The Bertz CT molecular complexity index is 813. The molecule has 21 heavy (non-hydrogen) atoms. The molecule has 0 atom stereocenters. The molecule has 0 unspecified atom stereocenters. The first-order chi connectivity index (χ1) is 9.86. The number of anilines is 2. The number of rotatable bonds is 3. The standard InChI is InChI=1S/C12H10Cl2N4O3/c13-7-2-1-6(15)3-9(7)16-10(19)5-18-4-8(14)11(20)17-12(18)21/h1-4H,5,15H2,(H,16,19)(H,17,20,21). The normalized spacial score (nSPS) is 10.4. The van der Waals surface area contributed by atoms with Crippen LogP contribution < -0.4 is 22.3 Å². The molecule has 0 bridgehead atoms. The Labute approximate surface area is 128 Å². The number of H-pyrrole nitrogens is 1. The third-order valence-electron chi connectivity index (χ3n) is 2.55. The molecule has 1 aromatic carbocycles. The predicted molar refractivity (Wildman–Crippen MR) is 80.8 cm³/mol. The molecule has 1 aromatic heterocycles. The minimum atomic E-state index is -0.738. The summed E-state index contributed by atoms with van der Waals surface area (Å²) in [5.41, 5.74) is 4.90. The van der Waals surface area contributed by atoms with Gasteiger partial charge in [-0.15, -0.1) is 0 Å². The van der Waals surface area contributed by atoms with E-state index in [-0.39, 0.29) is 11.6 Å². The maximum Gasteiger partial charge on any atom is 0.328 e. The van der Waals surface area contributed by atoms with E-state index < -0.39 is 17.2 Å². The highest BCUT2D eigenvalue weighted by Crippen LogP contribution is 2.23. The molecule has 0 fully saturated rings. The van der Waals surface area contributed by atoms with E-state index in [0.717, 1.165) is 10.8 Å². The number of nitrogens with zero attached hydrogens (tertiary/aromatic N) is 1. The van der Waals surface area contributed by atoms with Crippen molar-refractivity contribution in [1.82, 2.24) is 9.55 Å². The first-order valence-corrected chi connectivity index (χ1v) is 6.46. The molecule has 7 nitrogen and oxygen atoms in total. The summed E-state index contributed by atoms with van der Waals surface area (Å²) < 4.78 is 0.971. The van der Waals surface area contributed by atoms with E-state index in [2.05, 4.69) is 5.32 Å². The number of aromatic nitrogens is 2. The van der Waals surface area contributed by atoms with Crippen molar-refractivity contribution in [1.29, 1.82) is 0 Å². The van der Waals surface area contributed by atoms with E-state index in [4.69, 9.17) is 28.9 Å². The summed E-state index contributed by atoms with van der Waals surface area (Å²) in [4.78, 5) is 36.5. The second-order valence-corrected chi connectivity index (χ2v) is 4.97. The van der Waals surface area contributed by atoms with Crippen LogP contribution in [0.5, 0.6) is 0 Å². The van der Waals surface area contributed by atoms with Crippen molar-refractivity contribution in [2.45, 2.75) is 6.54 Å². The molecule has 2 rings (SSSR count). The summed E-state index contributed by atoms with van der Waals surface area (Å²) in [6.45, 7) is -0.333. The van der Waals surface area contributed by atoms with Crippen LogP contribution in [0.15, 0.2) is 34.0 Å². The van der Waals surface area contributed by atoms with Crippen molar-refractivity contribution < 1.29 is 4.79 Å². The molecule has 0 aliphatic heterocycles. The molecule has 4 N–H and O–H groups in total. The van der Waals surface area contributed by atoms with Gasteiger partial charge in [-0.1, -0.05) is 23.2 Å². The molecule has 0 radical (unpaired) electrons. The quantitative estimate of drug-likeness (QED) is 0.732. The van der Waals surface area contributed by atoms with Gasteiger partial charge in [0.25, 0.3) is 5.56 Å². The zero-order chi connectivity index (χ0) is 15.6. The second-order valence-electron chi connectivity index (χ2n) is 4.15. The zero-order valence-electron chi connectivity index (χ0n) is 10.5. The van der Waals surface area contributed by atoms with Crippen LogP contribution in [0.2, 0.25) is 10.0 Å². The summed E-state index contributed by atoms with van der Waals surface area (Å²) in [5.74, 6) is -0.521. The van der Waals surface area contributed by atoms with Gasteiger partial charge in [0, 0.05) is 11.9 Å². The first-order valence-electron chi connectivity index (χ1n) is 5.71. The van der Waals surface area contributed by atoms with E-state index >= 15 is 0 Å². The van der Waals surface area contributed by atoms with Crippen molar-refractivity contribution in [3.05, 3.63) is 55.3 Å². The number of nitrogens with one attached hydrogen (secondary N) is 2. The molecular weight excluding hydrogens is 319 g/mol. The minimum Gasteiger partial charge on any atom is -0.399 e. The predicted octanol–water partition coefficient (Wildman–Crippen LogP) is 1.06. The van der Waals surface area contributed by atoms with Crippen molar-refractivity contribution in [3.8, 4) is 0 Å². The Morgan fingerprint density at radius 2 is 2.00 bits per heavy atom. The molecule has 0 aliphatic rings. The lowest BCUT2D eigenvalue weighted by molar-refractivity contribution is -0.116. The average molecular weight is 329 g/mol. The Morgan fingerprint density at radius 1 is 1.29 bits per heavy atom. The highest BCUT2D eigenvalue weighted by molar-refractivity contribution is 6.33. The fourth-order valence-electron chi connectivity index (χ4n) is 1.58. The lowest BCUT2D eigenvalue weighted by atomic mass is 10.3. The average Bonchev–Trinajstić information content (AvgIpc) is 2.40. The van der Waals surface area contributed by atoms with Crippen LogP contribution in [-0.4, -0.2) is 15.5 Å². The van der Waals surface area contributed by atoms with Crippen LogP contribution in [0.1, 0.15) is 0 Å². The molecule has 0 saturated carbocycles. The molecule has 0 spiro atoms.